The number of benzene rings is 1. The Labute approximate surface area is 154 Å². The molecule has 26 heavy (non-hydrogen) atoms. The first kappa shape index (κ1) is 18.1. The van der Waals surface area contributed by atoms with E-state index in [9.17, 15) is 13.2 Å². The van der Waals surface area contributed by atoms with Crippen molar-refractivity contribution in [2.45, 2.75) is 71.1 Å². The van der Waals surface area contributed by atoms with Crippen LogP contribution in [0.3, 0.4) is 0 Å². The zero-order valence-corrected chi connectivity index (χ0v) is 15.7. The highest BCUT2D eigenvalue weighted by atomic mass is 19.2. The molecular formula is C23H29F3. The molecule has 4 rings (SSSR count). The summed E-state index contributed by atoms with van der Waals surface area (Å²) in [5.74, 6) is 0.0282. The minimum Gasteiger partial charge on any atom is -0.204 e. The van der Waals surface area contributed by atoms with Crippen LogP contribution in [0, 0.1) is 48.0 Å². The molecule has 0 N–H and O–H groups in total. The van der Waals surface area contributed by atoms with Gasteiger partial charge in [-0.3, -0.25) is 0 Å². The molecule has 2 fully saturated rings. The smallest absolute Gasteiger partial charge is 0.194 e. The van der Waals surface area contributed by atoms with Crippen molar-refractivity contribution in [3.63, 3.8) is 0 Å². The van der Waals surface area contributed by atoms with Gasteiger partial charge in [0.1, 0.15) is 0 Å². The number of rotatable bonds is 4. The molecule has 0 amide bonds. The van der Waals surface area contributed by atoms with Gasteiger partial charge in [0.2, 0.25) is 0 Å². The zero-order valence-electron chi connectivity index (χ0n) is 15.7. The van der Waals surface area contributed by atoms with Gasteiger partial charge in [-0.2, -0.15) is 0 Å². The third kappa shape index (κ3) is 3.73. The van der Waals surface area contributed by atoms with E-state index in [-0.39, 0.29) is 5.56 Å². The van der Waals surface area contributed by atoms with E-state index < -0.39 is 17.5 Å². The van der Waals surface area contributed by atoms with Gasteiger partial charge in [-0.05, 0) is 91.9 Å². The summed E-state index contributed by atoms with van der Waals surface area (Å²) in [4.78, 5) is 0. The summed E-state index contributed by atoms with van der Waals surface area (Å²) in [6.45, 7) is 1.54. The molecule has 0 bridgehead atoms. The molecule has 0 spiro atoms. The molecule has 0 aromatic heterocycles. The fourth-order valence-corrected chi connectivity index (χ4v) is 5.27. The third-order valence-electron chi connectivity index (χ3n) is 7.13. The zero-order chi connectivity index (χ0) is 18.3. The average Bonchev–Trinajstić information content (AvgIpc) is 3.48. The van der Waals surface area contributed by atoms with E-state index in [1.165, 1.54) is 51.0 Å². The van der Waals surface area contributed by atoms with Gasteiger partial charge in [0.25, 0.3) is 0 Å². The van der Waals surface area contributed by atoms with Crippen LogP contribution >= 0.6 is 0 Å². The van der Waals surface area contributed by atoms with Crippen LogP contribution < -0.4 is 0 Å². The molecule has 1 unspecified atom stereocenters. The van der Waals surface area contributed by atoms with Crippen molar-refractivity contribution < 1.29 is 13.2 Å². The molecule has 3 aliphatic carbocycles. The van der Waals surface area contributed by atoms with Crippen molar-refractivity contribution in [2.24, 2.45) is 23.7 Å². The SMILES string of the molecule is Cc1c(C2=CCC(C3CCC(CC4CC4)CC3)CC2)cc(F)c(F)c1F. The van der Waals surface area contributed by atoms with Crippen molar-refractivity contribution in [3.8, 4) is 0 Å². The summed E-state index contributed by atoms with van der Waals surface area (Å²) in [7, 11) is 0. The average molecular weight is 362 g/mol. The van der Waals surface area contributed by atoms with Crippen molar-refractivity contribution in [3.05, 3.63) is 40.7 Å². The summed E-state index contributed by atoms with van der Waals surface area (Å²) in [5.41, 5.74) is 1.76. The van der Waals surface area contributed by atoms with Crippen LogP contribution in [0.5, 0.6) is 0 Å². The predicted molar refractivity (Wildman–Crippen MR) is 99.2 cm³/mol. The van der Waals surface area contributed by atoms with Gasteiger partial charge in [-0.25, -0.2) is 13.2 Å². The first-order chi connectivity index (χ1) is 12.5. The van der Waals surface area contributed by atoms with Crippen LogP contribution in [0.15, 0.2) is 12.1 Å². The van der Waals surface area contributed by atoms with Crippen LogP contribution in [-0.4, -0.2) is 0 Å². The maximum absolute atomic E-state index is 13.9. The lowest BCUT2D eigenvalue weighted by Crippen LogP contribution is -2.23. The Bertz CT molecular complexity index is 694. The van der Waals surface area contributed by atoms with Crippen LogP contribution in [-0.2, 0) is 0 Å². The standard InChI is InChI=1S/C23H29F3/c1-14-20(13-21(24)23(26)22(14)25)19-10-8-18(9-11-19)17-6-4-16(5-7-17)12-15-2-3-15/h10,13,15-18H,2-9,11-12H2,1H3. The highest BCUT2D eigenvalue weighted by Crippen LogP contribution is 2.45. The minimum absolute atomic E-state index is 0.231. The minimum atomic E-state index is -1.36. The molecule has 3 aliphatic rings. The van der Waals surface area contributed by atoms with E-state index in [0.717, 1.165) is 42.6 Å². The van der Waals surface area contributed by atoms with E-state index in [1.54, 1.807) is 6.92 Å². The molecule has 1 aromatic rings. The van der Waals surface area contributed by atoms with Crippen LogP contribution in [0.1, 0.15) is 75.3 Å². The topological polar surface area (TPSA) is 0 Å². The Morgan fingerprint density at radius 2 is 1.50 bits per heavy atom. The Balaban J connectivity index is 1.38. The van der Waals surface area contributed by atoms with Crippen molar-refractivity contribution in [1.29, 1.82) is 0 Å². The lowest BCUT2D eigenvalue weighted by molar-refractivity contribution is 0.186. The maximum Gasteiger partial charge on any atom is 0.194 e. The Hall–Kier alpha value is -1.25. The Kier molecular flexibility index (Phi) is 5.16. The van der Waals surface area contributed by atoms with E-state index in [1.807, 2.05) is 0 Å². The Morgan fingerprint density at radius 1 is 0.846 bits per heavy atom. The molecule has 0 saturated heterocycles. The number of allylic oxidation sites excluding steroid dienone is 2. The predicted octanol–water partition coefficient (Wildman–Crippen LogP) is 7.20. The molecule has 0 radical (unpaired) electrons. The second-order valence-corrected chi connectivity index (χ2v) is 8.88. The second kappa shape index (κ2) is 7.40. The molecule has 3 heteroatoms. The number of hydrogen-bond acceptors (Lipinski definition) is 0. The highest BCUT2D eigenvalue weighted by Gasteiger charge is 2.32. The number of hydrogen-bond donors (Lipinski definition) is 0. The molecular weight excluding hydrogens is 333 g/mol. The van der Waals surface area contributed by atoms with Crippen molar-refractivity contribution >= 4 is 5.57 Å². The first-order valence-corrected chi connectivity index (χ1v) is 10.4. The van der Waals surface area contributed by atoms with Gasteiger partial charge in [-0.15, -0.1) is 0 Å². The molecule has 0 aliphatic heterocycles. The van der Waals surface area contributed by atoms with Gasteiger partial charge in [-0.1, -0.05) is 31.8 Å². The molecule has 142 valence electrons. The second-order valence-electron chi connectivity index (χ2n) is 8.88. The number of halogens is 3. The van der Waals surface area contributed by atoms with E-state index in [4.69, 9.17) is 0 Å². The van der Waals surface area contributed by atoms with Crippen molar-refractivity contribution in [2.75, 3.05) is 0 Å². The lowest BCUT2D eigenvalue weighted by atomic mass is 9.70. The molecule has 0 nitrogen and oxygen atoms in total. The summed E-state index contributed by atoms with van der Waals surface area (Å²) >= 11 is 0. The highest BCUT2D eigenvalue weighted by molar-refractivity contribution is 5.69. The first-order valence-electron chi connectivity index (χ1n) is 10.4. The fourth-order valence-electron chi connectivity index (χ4n) is 5.27. The molecule has 1 aromatic carbocycles. The Morgan fingerprint density at radius 3 is 2.08 bits per heavy atom. The molecule has 2 saturated carbocycles. The van der Waals surface area contributed by atoms with E-state index in [2.05, 4.69) is 6.08 Å². The van der Waals surface area contributed by atoms with Crippen LogP contribution in [0.25, 0.3) is 5.57 Å². The summed E-state index contributed by atoms with van der Waals surface area (Å²) in [6.07, 6.45) is 14.9. The van der Waals surface area contributed by atoms with Gasteiger partial charge >= 0.3 is 0 Å². The summed E-state index contributed by atoms with van der Waals surface area (Å²) in [6, 6.07) is 1.17. The fraction of sp³-hybridized carbons (Fsp3) is 0.652. The largest absolute Gasteiger partial charge is 0.204 e. The molecule has 0 heterocycles. The van der Waals surface area contributed by atoms with E-state index in [0.29, 0.717) is 11.5 Å². The van der Waals surface area contributed by atoms with Gasteiger partial charge in [0.05, 0.1) is 0 Å². The van der Waals surface area contributed by atoms with Crippen LogP contribution in [0.4, 0.5) is 13.2 Å². The van der Waals surface area contributed by atoms with E-state index >= 15 is 0 Å². The quantitative estimate of drug-likeness (QED) is 0.497. The van der Waals surface area contributed by atoms with Crippen LogP contribution in [0.2, 0.25) is 0 Å². The summed E-state index contributed by atoms with van der Waals surface area (Å²) < 4.78 is 40.9. The molecule has 1 atom stereocenters. The summed E-state index contributed by atoms with van der Waals surface area (Å²) in [5, 5.41) is 0. The normalized spacial score (nSPS) is 29.5. The third-order valence-corrected chi connectivity index (χ3v) is 7.13. The monoisotopic (exact) mass is 362 g/mol. The van der Waals surface area contributed by atoms with Crippen molar-refractivity contribution in [1.82, 2.24) is 0 Å². The van der Waals surface area contributed by atoms with Gasteiger partial charge in [0, 0.05) is 0 Å². The van der Waals surface area contributed by atoms with Gasteiger partial charge < -0.3 is 0 Å². The lowest BCUT2D eigenvalue weighted by Gasteiger charge is -2.35. The van der Waals surface area contributed by atoms with Gasteiger partial charge in [0.15, 0.2) is 17.5 Å². The maximum atomic E-state index is 13.9.